The molecule has 1 aliphatic rings. The van der Waals surface area contributed by atoms with Crippen LogP contribution in [-0.4, -0.2) is 58.8 Å². The smallest absolute Gasteiger partial charge is 0.295 e. The molecule has 1 atom stereocenters. The third-order valence-electron chi connectivity index (χ3n) is 4.31. The number of pyridine rings is 1. The van der Waals surface area contributed by atoms with Crippen LogP contribution in [0.25, 0.3) is 5.76 Å². The Kier molecular flexibility index (Phi) is 5.18. The number of carbonyl (C=O) groups is 2. The molecule has 1 N–H and O–H groups in total. The Morgan fingerprint density at radius 1 is 1.27 bits per heavy atom. The van der Waals surface area contributed by atoms with Crippen LogP contribution in [0, 0.1) is 0 Å². The van der Waals surface area contributed by atoms with E-state index in [1.807, 2.05) is 19.0 Å². The van der Waals surface area contributed by atoms with E-state index in [0.29, 0.717) is 24.3 Å². The summed E-state index contributed by atoms with van der Waals surface area (Å²) in [7, 11) is 3.89. The maximum atomic E-state index is 12.7. The number of furan rings is 1. The monoisotopic (exact) mass is 355 g/mol. The molecule has 136 valence electrons. The van der Waals surface area contributed by atoms with Gasteiger partial charge in [-0.3, -0.25) is 14.6 Å². The van der Waals surface area contributed by atoms with E-state index in [0.717, 1.165) is 6.54 Å². The Hall–Kier alpha value is -2.93. The molecule has 2 aromatic heterocycles. The minimum absolute atomic E-state index is 0.0426. The highest BCUT2D eigenvalue weighted by Gasteiger charge is 2.47. The van der Waals surface area contributed by atoms with Gasteiger partial charge in [0.25, 0.3) is 11.7 Å². The molecule has 0 saturated carbocycles. The molecule has 0 aromatic carbocycles. The highest BCUT2D eigenvalue weighted by molar-refractivity contribution is 6.46. The summed E-state index contributed by atoms with van der Waals surface area (Å²) >= 11 is 0. The standard InChI is InChI=1S/C19H21N3O4/c1-21(2)10-4-11-22-16(14-5-3-12-26-14)15(18(24)19(22)25)17(23)13-6-8-20-9-7-13/h3,5-9,12,16,23H,4,10-11H2,1-2H3/t16-/m1/s1. The first-order valence-electron chi connectivity index (χ1n) is 8.37. The lowest BCUT2D eigenvalue weighted by Crippen LogP contribution is -2.32. The molecule has 0 radical (unpaired) electrons. The molecular weight excluding hydrogens is 334 g/mol. The molecule has 7 nitrogen and oxygen atoms in total. The number of Topliss-reactive ketones (excluding diaryl/α,β-unsaturated/α-hetero) is 1. The minimum atomic E-state index is -0.736. The van der Waals surface area contributed by atoms with Gasteiger partial charge in [-0.25, -0.2) is 0 Å². The summed E-state index contributed by atoms with van der Waals surface area (Å²) in [5.74, 6) is -1.10. The van der Waals surface area contributed by atoms with Crippen LogP contribution in [0.3, 0.4) is 0 Å². The number of hydrogen-bond donors (Lipinski definition) is 1. The van der Waals surface area contributed by atoms with Crippen molar-refractivity contribution in [2.75, 3.05) is 27.2 Å². The van der Waals surface area contributed by atoms with E-state index in [2.05, 4.69) is 4.98 Å². The van der Waals surface area contributed by atoms with E-state index >= 15 is 0 Å². The van der Waals surface area contributed by atoms with Gasteiger partial charge in [0, 0.05) is 24.5 Å². The number of aliphatic hydroxyl groups is 1. The molecule has 2 aromatic rings. The second kappa shape index (κ2) is 7.53. The Labute approximate surface area is 151 Å². The zero-order valence-electron chi connectivity index (χ0n) is 14.8. The summed E-state index contributed by atoms with van der Waals surface area (Å²) < 4.78 is 5.47. The van der Waals surface area contributed by atoms with E-state index in [1.54, 1.807) is 24.3 Å². The van der Waals surface area contributed by atoms with Crippen molar-refractivity contribution < 1.29 is 19.1 Å². The molecule has 3 heterocycles. The number of likely N-dealkylation sites (tertiary alicyclic amines) is 1. The van der Waals surface area contributed by atoms with Crippen LogP contribution >= 0.6 is 0 Å². The summed E-state index contributed by atoms with van der Waals surface area (Å²) in [5, 5.41) is 10.7. The van der Waals surface area contributed by atoms with Gasteiger partial charge in [-0.1, -0.05) is 0 Å². The fourth-order valence-electron chi connectivity index (χ4n) is 3.08. The SMILES string of the molecule is CN(C)CCCN1C(=O)C(=O)C(=C(O)c2ccncc2)[C@H]1c1ccco1. The molecule has 0 unspecified atom stereocenters. The predicted octanol–water partition coefficient (Wildman–Crippen LogP) is 2.05. The maximum absolute atomic E-state index is 12.7. The predicted molar refractivity (Wildman–Crippen MR) is 95.1 cm³/mol. The summed E-state index contributed by atoms with van der Waals surface area (Å²) in [6, 6.07) is 5.85. The van der Waals surface area contributed by atoms with Gasteiger partial charge in [0.2, 0.25) is 0 Å². The van der Waals surface area contributed by atoms with E-state index in [9.17, 15) is 14.7 Å². The van der Waals surface area contributed by atoms with Crippen LogP contribution in [0.5, 0.6) is 0 Å². The van der Waals surface area contributed by atoms with Crippen LogP contribution in [0.1, 0.15) is 23.8 Å². The number of aliphatic hydroxyl groups excluding tert-OH is 1. The number of ketones is 1. The van der Waals surface area contributed by atoms with Gasteiger partial charge < -0.3 is 19.3 Å². The van der Waals surface area contributed by atoms with E-state index in [1.165, 1.54) is 23.6 Å². The third-order valence-corrected chi connectivity index (χ3v) is 4.31. The zero-order valence-corrected chi connectivity index (χ0v) is 14.8. The number of amides is 1. The van der Waals surface area contributed by atoms with Gasteiger partial charge in [-0.2, -0.15) is 0 Å². The Balaban J connectivity index is 2.02. The highest BCUT2D eigenvalue weighted by Crippen LogP contribution is 2.39. The van der Waals surface area contributed by atoms with Gasteiger partial charge in [0.05, 0.1) is 11.8 Å². The van der Waals surface area contributed by atoms with Gasteiger partial charge in [0.1, 0.15) is 17.6 Å². The van der Waals surface area contributed by atoms with Crippen LogP contribution in [0.2, 0.25) is 0 Å². The van der Waals surface area contributed by atoms with E-state index in [4.69, 9.17) is 4.42 Å². The van der Waals surface area contributed by atoms with Gasteiger partial charge >= 0.3 is 0 Å². The maximum Gasteiger partial charge on any atom is 0.295 e. The lowest BCUT2D eigenvalue weighted by Gasteiger charge is -2.23. The van der Waals surface area contributed by atoms with Crippen molar-refractivity contribution in [3.63, 3.8) is 0 Å². The largest absolute Gasteiger partial charge is 0.507 e. The molecule has 0 bridgehead atoms. The summed E-state index contributed by atoms with van der Waals surface area (Å²) in [6.07, 6.45) is 5.22. The molecule has 0 aliphatic carbocycles. The molecule has 0 spiro atoms. The van der Waals surface area contributed by atoms with Crippen molar-refractivity contribution in [3.05, 3.63) is 59.8 Å². The fourth-order valence-corrected chi connectivity index (χ4v) is 3.08. The molecule has 3 rings (SSSR count). The van der Waals surface area contributed by atoms with Crippen molar-refractivity contribution in [1.82, 2.24) is 14.8 Å². The minimum Gasteiger partial charge on any atom is -0.507 e. The number of nitrogens with zero attached hydrogens (tertiary/aromatic N) is 3. The highest BCUT2D eigenvalue weighted by atomic mass is 16.3. The van der Waals surface area contributed by atoms with Crippen molar-refractivity contribution in [2.45, 2.75) is 12.5 Å². The molecule has 1 fully saturated rings. The van der Waals surface area contributed by atoms with Crippen molar-refractivity contribution in [3.8, 4) is 0 Å². The van der Waals surface area contributed by atoms with Crippen molar-refractivity contribution in [1.29, 1.82) is 0 Å². The normalized spacial score (nSPS) is 19.5. The van der Waals surface area contributed by atoms with Crippen molar-refractivity contribution in [2.24, 2.45) is 0 Å². The first-order chi connectivity index (χ1) is 12.5. The summed E-state index contributed by atoms with van der Waals surface area (Å²) in [4.78, 5) is 32.6. The second-order valence-electron chi connectivity index (χ2n) is 6.40. The summed E-state index contributed by atoms with van der Waals surface area (Å²) in [6.45, 7) is 1.17. The van der Waals surface area contributed by atoms with E-state index < -0.39 is 17.7 Å². The van der Waals surface area contributed by atoms with Crippen LogP contribution in [0.15, 0.2) is 52.9 Å². The van der Waals surface area contributed by atoms with Crippen LogP contribution in [0.4, 0.5) is 0 Å². The van der Waals surface area contributed by atoms with Gasteiger partial charge in [0.15, 0.2) is 0 Å². The molecule has 7 heteroatoms. The first kappa shape index (κ1) is 17.9. The number of aromatic nitrogens is 1. The lowest BCUT2D eigenvalue weighted by molar-refractivity contribution is -0.140. The summed E-state index contributed by atoms with van der Waals surface area (Å²) in [5.41, 5.74) is 0.476. The molecule has 1 amide bonds. The topological polar surface area (TPSA) is 86.9 Å². The molecule has 1 aliphatic heterocycles. The zero-order chi connectivity index (χ0) is 18.7. The third kappa shape index (κ3) is 3.39. The molecule has 1 saturated heterocycles. The lowest BCUT2D eigenvalue weighted by atomic mass is 10.00. The Morgan fingerprint density at radius 3 is 2.62 bits per heavy atom. The van der Waals surface area contributed by atoms with E-state index in [-0.39, 0.29) is 11.3 Å². The van der Waals surface area contributed by atoms with Gasteiger partial charge in [-0.05, 0) is 51.3 Å². The number of rotatable bonds is 6. The van der Waals surface area contributed by atoms with Crippen molar-refractivity contribution >= 4 is 17.4 Å². The molecular formula is C19H21N3O4. The number of hydrogen-bond acceptors (Lipinski definition) is 6. The fraction of sp³-hybridized carbons (Fsp3) is 0.316. The Bertz CT molecular complexity index is 813. The Morgan fingerprint density at radius 2 is 2.00 bits per heavy atom. The average Bonchev–Trinajstić information content (AvgIpc) is 3.24. The van der Waals surface area contributed by atoms with Gasteiger partial charge in [-0.15, -0.1) is 0 Å². The van der Waals surface area contributed by atoms with Crippen LogP contribution < -0.4 is 0 Å². The number of carbonyl (C=O) groups excluding carboxylic acids is 2. The second-order valence-corrected chi connectivity index (χ2v) is 6.40. The molecule has 26 heavy (non-hydrogen) atoms. The first-order valence-corrected chi connectivity index (χ1v) is 8.37. The average molecular weight is 355 g/mol. The quantitative estimate of drug-likeness (QED) is 0.485. The van der Waals surface area contributed by atoms with Crippen LogP contribution in [-0.2, 0) is 9.59 Å².